The summed E-state index contributed by atoms with van der Waals surface area (Å²) >= 11 is 0. The van der Waals surface area contributed by atoms with Crippen LogP contribution in [-0.2, 0) is 4.79 Å². The van der Waals surface area contributed by atoms with Crippen LogP contribution in [0.2, 0.25) is 0 Å². The summed E-state index contributed by atoms with van der Waals surface area (Å²) in [4.78, 5) is 15.7. The fourth-order valence-electron chi connectivity index (χ4n) is 2.60. The monoisotopic (exact) mass is 252 g/mol. The number of hydrogen-bond acceptors (Lipinski definition) is 4. The molecule has 2 unspecified atom stereocenters. The van der Waals surface area contributed by atoms with Crippen LogP contribution in [0.25, 0.3) is 0 Å². The molecule has 0 bridgehead atoms. The number of amides is 1. The van der Waals surface area contributed by atoms with E-state index in [9.17, 15) is 4.79 Å². The largest absolute Gasteiger partial charge is 0.368 e. The molecular formula is C13H24N4O. The molecule has 102 valence electrons. The maximum absolute atomic E-state index is 11.3. The average molecular weight is 252 g/mol. The van der Waals surface area contributed by atoms with Crippen molar-refractivity contribution in [3.63, 3.8) is 0 Å². The molecule has 0 saturated carbocycles. The highest BCUT2D eigenvalue weighted by atomic mass is 16.1. The van der Waals surface area contributed by atoms with Gasteiger partial charge in [0.15, 0.2) is 0 Å². The maximum atomic E-state index is 11.3. The van der Waals surface area contributed by atoms with E-state index in [0.717, 1.165) is 45.4 Å². The Morgan fingerprint density at radius 3 is 2.22 bits per heavy atom. The molecule has 0 spiro atoms. The predicted molar refractivity (Wildman–Crippen MR) is 70.7 cm³/mol. The van der Waals surface area contributed by atoms with Crippen LogP contribution in [0, 0.1) is 11.3 Å². The van der Waals surface area contributed by atoms with Crippen molar-refractivity contribution >= 4 is 5.91 Å². The second-order valence-electron chi connectivity index (χ2n) is 4.83. The van der Waals surface area contributed by atoms with Crippen LogP contribution in [0.5, 0.6) is 0 Å². The van der Waals surface area contributed by atoms with Crippen LogP contribution in [0.1, 0.15) is 33.1 Å². The third-order valence-electron chi connectivity index (χ3n) is 3.66. The van der Waals surface area contributed by atoms with E-state index < -0.39 is 0 Å². The summed E-state index contributed by atoms with van der Waals surface area (Å²) in [5, 5.41) is 9.14. The van der Waals surface area contributed by atoms with Crippen molar-refractivity contribution in [2.45, 2.75) is 45.2 Å². The van der Waals surface area contributed by atoms with Crippen molar-refractivity contribution in [1.82, 2.24) is 9.80 Å². The minimum absolute atomic E-state index is 0.0193. The molecule has 0 aromatic rings. The van der Waals surface area contributed by atoms with Crippen LogP contribution in [0.15, 0.2) is 0 Å². The second-order valence-corrected chi connectivity index (χ2v) is 4.83. The van der Waals surface area contributed by atoms with Crippen LogP contribution in [-0.4, -0.2) is 54.0 Å². The summed E-state index contributed by atoms with van der Waals surface area (Å²) in [6.07, 6.45) is 2.70. The first-order chi connectivity index (χ1) is 8.63. The molecule has 1 saturated heterocycles. The van der Waals surface area contributed by atoms with Gasteiger partial charge in [-0.15, -0.1) is 0 Å². The molecule has 2 N–H and O–H groups in total. The van der Waals surface area contributed by atoms with Gasteiger partial charge >= 0.3 is 0 Å². The van der Waals surface area contributed by atoms with E-state index in [1.54, 1.807) is 0 Å². The highest BCUT2D eigenvalue weighted by Gasteiger charge is 2.28. The van der Waals surface area contributed by atoms with Crippen molar-refractivity contribution in [2.75, 3.05) is 26.2 Å². The van der Waals surface area contributed by atoms with Crippen LogP contribution >= 0.6 is 0 Å². The summed E-state index contributed by atoms with van der Waals surface area (Å²) in [5.74, 6) is -0.239. The molecule has 1 fully saturated rings. The number of nitrogens with zero attached hydrogens (tertiary/aromatic N) is 3. The molecular weight excluding hydrogens is 228 g/mol. The Morgan fingerprint density at radius 1 is 1.28 bits per heavy atom. The van der Waals surface area contributed by atoms with Gasteiger partial charge in [-0.3, -0.25) is 14.6 Å². The maximum Gasteiger partial charge on any atom is 0.234 e. The quantitative estimate of drug-likeness (QED) is 0.749. The van der Waals surface area contributed by atoms with Crippen molar-refractivity contribution in [1.29, 1.82) is 5.26 Å². The summed E-state index contributed by atoms with van der Waals surface area (Å²) < 4.78 is 0. The van der Waals surface area contributed by atoms with Crippen LogP contribution in [0.3, 0.4) is 0 Å². The smallest absolute Gasteiger partial charge is 0.234 e. The van der Waals surface area contributed by atoms with Crippen LogP contribution in [0.4, 0.5) is 0 Å². The molecule has 0 aliphatic carbocycles. The molecule has 0 aromatic carbocycles. The Labute approximate surface area is 110 Å². The molecule has 5 nitrogen and oxygen atoms in total. The summed E-state index contributed by atoms with van der Waals surface area (Å²) in [6.45, 7) is 7.43. The van der Waals surface area contributed by atoms with Gasteiger partial charge in [0, 0.05) is 26.2 Å². The number of carbonyl (C=O) groups excluding carboxylic acids is 1. The topological polar surface area (TPSA) is 73.4 Å². The van der Waals surface area contributed by atoms with Crippen molar-refractivity contribution in [2.24, 2.45) is 5.73 Å². The van der Waals surface area contributed by atoms with E-state index in [1.807, 2.05) is 6.92 Å². The van der Waals surface area contributed by atoms with Gasteiger partial charge in [0.05, 0.1) is 18.2 Å². The summed E-state index contributed by atoms with van der Waals surface area (Å²) in [6, 6.07) is 2.23. The van der Waals surface area contributed by atoms with Crippen LogP contribution < -0.4 is 5.73 Å². The van der Waals surface area contributed by atoms with Gasteiger partial charge in [-0.05, 0) is 12.8 Å². The van der Waals surface area contributed by atoms with Gasteiger partial charge < -0.3 is 5.73 Å². The minimum atomic E-state index is -0.239. The third kappa shape index (κ3) is 3.69. The summed E-state index contributed by atoms with van der Waals surface area (Å²) in [7, 11) is 0. The lowest BCUT2D eigenvalue weighted by atomic mass is 10.1. The average Bonchev–Trinajstić information content (AvgIpc) is 2.37. The van der Waals surface area contributed by atoms with Gasteiger partial charge in [-0.2, -0.15) is 5.26 Å². The fourth-order valence-corrected chi connectivity index (χ4v) is 2.60. The zero-order valence-electron chi connectivity index (χ0n) is 11.4. The molecule has 1 aliphatic rings. The number of hydrogen-bond donors (Lipinski definition) is 1. The molecule has 5 heteroatoms. The molecule has 1 aliphatic heterocycles. The van der Waals surface area contributed by atoms with E-state index in [4.69, 9.17) is 11.0 Å². The molecule has 18 heavy (non-hydrogen) atoms. The number of primary amides is 1. The fraction of sp³-hybridized carbons (Fsp3) is 0.846. The van der Waals surface area contributed by atoms with E-state index in [1.165, 1.54) is 0 Å². The lowest BCUT2D eigenvalue weighted by Gasteiger charge is -2.39. The Morgan fingerprint density at radius 2 is 1.83 bits per heavy atom. The van der Waals surface area contributed by atoms with E-state index >= 15 is 0 Å². The SMILES string of the molecule is CCCC(C#N)N1CCN(C(CC)C(N)=O)CC1. The van der Waals surface area contributed by atoms with Gasteiger partial charge in [0.25, 0.3) is 0 Å². The first-order valence-electron chi connectivity index (χ1n) is 6.81. The first-order valence-corrected chi connectivity index (χ1v) is 6.81. The molecule has 2 atom stereocenters. The first kappa shape index (κ1) is 14.9. The highest BCUT2D eigenvalue weighted by Crippen LogP contribution is 2.13. The van der Waals surface area contributed by atoms with E-state index in [0.29, 0.717) is 0 Å². The highest BCUT2D eigenvalue weighted by molar-refractivity contribution is 5.79. The summed E-state index contributed by atoms with van der Waals surface area (Å²) in [5.41, 5.74) is 5.40. The Kier molecular flexibility index (Phi) is 6.10. The Bertz CT molecular complexity index is 305. The standard InChI is InChI=1S/C13H24N4O/c1-3-5-11(10-14)16-6-8-17(9-7-16)12(4-2)13(15)18/h11-12H,3-9H2,1-2H3,(H2,15,18). The molecule has 1 heterocycles. The van der Waals surface area contributed by atoms with Gasteiger partial charge in [0.2, 0.25) is 5.91 Å². The van der Waals surface area contributed by atoms with Crippen molar-refractivity contribution < 1.29 is 4.79 Å². The number of nitrogens with two attached hydrogens (primary N) is 1. The van der Waals surface area contributed by atoms with Gasteiger partial charge in [-0.1, -0.05) is 20.3 Å². The van der Waals surface area contributed by atoms with Gasteiger partial charge in [-0.25, -0.2) is 0 Å². The zero-order chi connectivity index (χ0) is 13.5. The lowest BCUT2D eigenvalue weighted by Crippen LogP contribution is -2.55. The lowest BCUT2D eigenvalue weighted by molar-refractivity contribution is -0.124. The number of piperazine rings is 1. The minimum Gasteiger partial charge on any atom is -0.368 e. The van der Waals surface area contributed by atoms with Crippen molar-refractivity contribution in [3.05, 3.63) is 0 Å². The second kappa shape index (κ2) is 7.34. The number of nitriles is 1. The van der Waals surface area contributed by atoms with E-state index in [2.05, 4.69) is 22.8 Å². The molecule has 0 aromatic heterocycles. The molecule has 0 radical (unpaired) electrons. The Hall–Kier alpha value is -1.12. The van der Waals surface area contributed by atoms with Gasteiger partial charge in [0.1, 0.15) is 0 Å². The van der Waals surface area contributed by atoms with Crippen molar-refractivity contribution in [3.8, 4) is 6.07 Å². The van der Waals surface area contributed by atoms with E-state index in [-0.39, 0.29) is 18.0 Å². The number of rotatable bonds is 6. The Balaban J connectivity index is 2.50. The normalized spacial score (nSPS) is 21.2. The predicted octanol–water partition coefficient (Wildman–Crippen LogP) is 0.560. The number of carbonyl (C=O) groups is 1. The molecule has 1 amide bonds. The zero-order valence-corrected chi connectivity index (χ0v) is 11.4. The molecule has 1 rings (SSSR count). The third-order valence-corrected chi connectivity index (χ3v) is 3.66.